The standard InChI is InChI=1S/C25H25BrN2O5S/c1-5-12-33-22-19(26)13-16(14-20(22)31-6-2)15-21-23(29)28(4)25(34-21)27-18-10-8-17(9-11-18)24(30)32-7-3/h5,8-11,13-15H,1,6-7,12H2,2-4H3/b21-15+,27-25?. The van der Waals surface area contributed by atoms with Gasteiger partial charge in [0.05, 0.1) is 33.8 Å². The molecule has 2 aromatic carbocycles. The molecule has 0 N–H and O–H groups in total. The Balaban J connectivity index is 1.85. The fourth-order valence-corrected chi connectivity index (χ4v) is 4.58. The summed E-state index contributed by atoms with van der Waals surface area (Å²) in [5.41, 5.74) is 1.86. The van der Waals surface area contributed by atoms with E-state index in [4.69, 9.17) is 14.2 Å². The van der Waals surface area contributed by atoms with Crippen LogP contribution < -0.4 is 9.47 Å². The van der Waals surface area contributed by atoms with E-state index in [1.54, 1.807) is 50.4 Å². The third kappa shape index (κ3) is 6.09. The number of amidine groups is 1. The molecule has 0 bridgehead atoms. The van der Waals surface area contributed by atoms with Crippen molar-refractivity contribution in [2.75, 3.05) is 26.9 Å². The number of rotatable bonds is 9. The van der Waals surface area contributed by atoms with Gasteiger partial charge in [-0.25, -0.2) is 9.79 Å². The van der Waals surface area contributed by atoms with Gasteiger partial charge in [-0.05, 0) is 89.6 Å². The average Bonchev–Trinajstić information content (AvgIpc) is 3.07. The zero-order chi connectivity index (χ0) is 24.7. The lowest BCUT2D eigenvalue weighted by Crippen LogP contribution is -2.23. The fourth-order valence-electron chi connectivity index (χ4n) is 3.02. The van der Waals surface area contributed by atoms with Gasteiger partial charge in [-0.15, -0.1) is 0 Å². The number of thioether (sulfide) groups is 1. The highest BCUT2D eigenvalue weighted by molar-refractivity contribution is 9.10. The smallest absolute Gasteiger partial charge is 0.338 e. The zero-order valence-electron chi connectivity index (χ0n) is 19.2. The minimum Gasteiger partial charge on any atom is -0.490 e. The van der Waals surface area contributed by atoms with Crippen LogP contribution in [0.5, 0.6) is 11.5 Å². The molecule has 1 aliphatic rings. The molecular formula is C25H25BrN2O5S. The van der Waals surface area contributed by atoms with Gasteiger partial charge in [0.1, 0.15) is 6.61 Å². The third-order valence-electron chi connectivity index (χ3n) is 4.58. The van der Waals surface area contributed by atoms with Crippen molar-refractivity contribution in [3.8, 4) is 11.5 Å². The lowest BCUT2D eigenvalue weighted by Gasteiger charge is -2.13. The number of carbonyl (C=O) groups excluding carboxylic acids is 2. The molecule has 34 heavy (non-hydrogen) atoms. The van der Waals surface area contributed by atoms with Gasteiger partial charge in [0.25, 0.3) is 5.91 Å². The quantitative estimate of drug-likeness (QED) is 0.225. The van der Waals surface area contributed by atoms with Crippen molar-refractivity contribution in [3.05, 3.63) is 69.6 Å². The highest BCUT2D eigenvalue weighted by Gasteiger charge is 2.30. The molecule has 0 atom stereocenters. The average molecular weight is 545 g/mol. The molecule has 1 saturated heterocycles. The molecule has 1 fully saturated rings. The number of ether oxygens (including phenoxy) is 3. The van der Waals surface area contributed by atoms with Gasteiger partial charge in [-0.1, -0.05) is 12.7 Å². The van der Waals surface area contributed by atoms with Crippen LogP contribution in [0, 0.1) is 0 Å². The van der Waals surface area contributed by atoms with E-state index in [0.29, 0.717) is 57.1 Å². The Labute approximate surface area is 211 Å². The van der Waals surface area contributed by atoms with Crippen LogP contribution in [0.1, 0.15) is 29.8 Å². The molecule has 0 aromatic heterocycles. The molecule has 0 saturated carbocycles. The molecule has 0 spiro atoms. The van der Waals surface area contributed by atoms with Gasteiger partial charge in [-0.2, -0.15) is 0 Å². The monoisotopic (exact) mass is 544 g/mol. The molecule has 2 aromatic rings. The summed E-state index contributed by atoms with van der Waals surface area (Å²) in [4.78, 5) is 31.3. The van der Waals surface area contributed by atoms with Crippen molar-refractivity contribution in [1.82, 2.24) is 4.90 Å². The summed E-state index contributed by atoms with van der Waals surface area (Å²) >= 11 is 4.80. The van der Waals surface area contributed by atoms with Gasteiger partial charge in [0.2, 0.25) is 0 Å². The summed E-state index contributed by atoms with van der Waals surface area (Å²) in [6.07, 6.45) is 3.45. The molecule has 0 unspecified atom stereocenters. The maximum absolute atomic E-state index is 12.8. The number of esters is 1. The molecule has 0 aliphatic carbocycles. The second kappa shape index (κ2) is 11.9. The van der Waals surface area contributed by atoms with Gasteiger partial charge >= 0.3 is 5.97 Å². The van der Waals surface area contributed by atoms with Crippen molar-refractivity contribution < 1.29 is 23.8 Å². The van der Waals surface area contributed by atoms with E-state index >= 15 is 0 Å². The molecule has 3 rings (SSSR count). The summed E-state index contributed by atoms with van der Waals surface area (Å²) in [6, 6.07) is 10.4. The Kier molecular flexibility index (Phi) is 8.95. The summed E-state index contributed by atoms with van der Waals surface area (Å²) < 4.78 is 17.2. The second-order valence-corrected chi connectivity index (χ2v) is 8.86. The molecule has 1 heterocycles. The second-order valence-electron chi connectivity index (χ2n) is 7.00. The van der Waals surface area contributed by atoms with Crippen LogP contribution in [0.25, 0.3) is 6.08 Å². The summed E-state index contributed by atoms with van der Waals surface area (Å²) in [6.45, 7) is 8.45. The number of benzene rings is 2. The zero-order valence-corrected chi connectivity index (χ0v) is 21.6. The third-order valence-corrected chi connectivity index (χ3v) is 6.23. The SMILES string of the molecule is C=CCOc1c(Br)cc(/C=C2/SC(=Nc3ccc(C(=O)OCC)cc3)N(C)C2=O)cc1OCC. The highest BCUT2D eigenvalue weighted by Crippen LogP contribution is 2.39. The maximum atomic E-state index is 12.8. The van der Waals surface area contributed by atoms with E-state index < -0.39 is 0 Å². The topological polar surface area (TPSA) is 77.4 Å². The Morgan fingerprint density at radius 1 is 1.18 bits per heavy atom. The Morgan fingerprint density at radius 3 is 2.56 bits per heavy atom. The predicted molar refractivity (Wildman–Crippen MR) is 139 cm³/mol. The number of carbonyl (C=O) groups is 2. The minimum atomic E-state index is -0.382. The lowest BCUT2D eigenvalue weighted by molar-refractivity contribution is -0.121. The van der Waals surface area contributed by atoms with E-state index in [1.165, 1.54) is 16.7 Å². The van der Waals surface area contributed by atoms with Gasteiger partial charge < -0.3 is 14.2 Å². The van der Waals surface area contributed by atoms with E-state index in [1.807, 2.05) is 19.1 Å². The van der Waals surface area contributed by atoms with Crippen LogP contribution in [-0.2, 0) is 9.53 Å². The molecule has 1 amide bonds. The lowest BCUT2D eigenvalue weighted by atomic mass is 10.2. The number of hydrogen-bond acceptors (Lipinski definition) is 7. The van der Waals surface area contributed by atoms with Crippen LogP contribution in [0.3, 0.4) is 0 Å². The van der Waals surface area contributed by atoms with Crippen LogP contribution >= 0.6 is 27.7 Å². The summed E-state index contributed by atoms with van der Waals surface area (Å²) in [7, 11) is 1.68. The molecular weight excluding hydrogens is 520 g/mol. The number of hydrogen-bond donors (Lipinski definition) is 0. The van der Waals surface area contributed by atoms with Crippen molar-refractivity contribution in [3.63, 3.8) is 0 Å². The molecule has 178 valence electrons. The number of amides is 1. The van der Waals surface area contributed by atoms with Crippen LogP contribution in [0.2, 0.25) is 0 Å². The maximum Gasteiger partial charge on any atom is 0.338 e. The number of likely N-dealkylation sites (N-methyl/N-ethyl adjacent to an activating group) is 1. The first-order valence-electron chi connectivity index (χ1n) is 10.6. The Bertz CT molecular complexity index is 1140. The highest BCUT2D eigenvalue weighted by atomic mass is 79.9. The van der Waals surface area contributed by atoms with Crippen molar-refractivity contribution >= 4 is 56.5 Å². The van der Waals surface area contributed by atoms with E-state index in [2.05, 4.69) is 27.5 Å². The summed E-state index contributed by atoms with van der Waals surface area (Å²) in [5.74, 6) is 0.616. The van der Waals surface area contributed by atoms with Gasteiger partial charge in [0.15, 0.2) is 16.7 Å². The fraction of sp³-hybridized carbons (Fsp3) is 0.240. The Morgan fingerprint density at radius 2 is 1.91 bits per heavy atom. The molecule has 1 aliphatic heterocycles. The van der Waals surface area contributed by atoms with Crippen molar-refractivity contribution in [1.29, 1.82) is 0 Å². The first-order valence-corrected chi connectivity index (χ1v) is 12.2. The van der Waals surface area contributed by atoms with Gasteiger partial charge in [0, 0.05) is 7.05 Å². The van der Waals surface area contributed by atoms with Crippen molar-refractivity contribution in [2.45, 2.75) is 13.8 Å². The molecule has 0 radical (unpaired) electrons. The van der Waals surface area contributed by atoms with Crippen LogP contribution in [0.15, 0.2) is 63.4 Å². The minimum absolute atomic E-state index is 0.159. The van der Waals surface area contributed by atoms with Crippen LogP contribution in [0.4, 0.5) is 5.69 Å². The first-order chi connectivity index (χ1) is 16.4. The first kappa shape index (κ1) is 25.6. The van der Waals surface area contributed by atoms with E-state index in [0.717, 1.165) is 5.56 Å². The van der Waals surface area contributed by atoms with Crippen LogP contribution in [-0.4, -0.2) is 48.8 Å². The largest absolute Gasteiger partial charge is 0.490 e. The van der Waals surface area contributed by atoms with E-state index in [9.17, 15) is 9.59 Å². The van der Waals surface area contributed by atoms with Gasteiger partial charge in [-0.3, -0.25) is 9.69 Å². The molecule has 9 heteroatoms. The normalized spacial score (nSPS) is 15.6. The number of nitrogens with zero attached hydrogens (tertiary/aromatic N) is 2. The summed E-state index contributed by atoms with van der Waals surface area (Å²) in [5, 5.41) is 0.537. The number of halogens is 1. The van der Waals surface area contributed by atoms with E-state index in [-0.39, 0.29) is 11.9 Å². The van der Waals surface area contributed by atoms with Crippen molar-refractivity contribution in [2.24, 2.45) is 4.99 Å². The predicted octanol–water partition coefficient (Wildman–Crippen LogP) is 5.82. The molecule has 7 nitrogen and oxygen atoms in total. The number of aliphatic imine (C=N–C) groups is 1. The Hall–Kier alpha value is -3.04.